The minimum Gasteiger partial charge on any atom is -0.444 e. The van der Waals surface area contributed by atoms with Crippen molar-refractivity contribution in [1.29, 1.82) is 0 Å². The lowest BCUT2D eigenvalue weighted by atomic mass is 9.95. The first kappa shape index (κ1) is 24.4. The van der Waals surface area contributed by atoms with Gasteiger partial charge >= 0.3 is 6.09 Å². The van der Waals surface area contributed by atoms with Crippen molar-refractivity contribution in [2.24, 2.45) is 5.92 Å². The molecule has 0 aliphatic carbocycles. The molecule has 160 valence electrons. The van der Waals surface area contributed by atoms with Gasteiger partial charge < -0.3 is 20.1 Å². The van der Waals surface area contributed by atoms with Crippen LogP contribution in [0, 0.1) is 5.92 Å². The zero-order valence-corrected chi connectivity index (χ0v) is 18.5. The number of amides is 2. The number of rotatable bonds is 6. The second kappa shape index (κ2) is 9.74. The number of alkyl carbamates (subject to hydrolysis) is 1. The Kier molecular flexibility index (Phi) is 8.21. The molecule has 1 rings (SSSR count). The fourth-order valence-electron chi connectivity index (χ4n) is 2.98. The van der Waals surface area contributed by atoms with Gasteiger partial charge in [0, 0.05) is 17.8 Å². The van der Waals surface area contributed by atoms with Crippen molar-refractivity contribution in [3.63, 3.8) is 0 Å². The van der Waals surface area contributed by atoms with Gasteiger partial charge in [0.05, 0.1) is 13.2 Å². The zero-order valence-electron chi connectivity index (χ0n) is 18.5. The van der Waals surface area contributed by atoms with Gasteiger partial charge in [-0.2, -0.15) is 0 Å². The molecule has 0 atom stereocenters. The van der Waals surface area contributed by atoms with E-state index in [9.17, 15) is 14.7 Å². The Morgan fingerprint density at radius 3 is 2.38 bits per heavy atom. The number of nitrogens with zero attached hydrogens (tertiary/aromatic N) is 1. The molecule has 1 aliphatic rings. The van der Waals surface area contributed by atoms with Gasteiger partial charge in [0.1, 0.15) is 5.60 Å². The predicted molar refractivity (Wildman–Crippen MR) is 116 cm³/mol. The molecule has 2 N–H and O–H groups in total. The van der Waals surface area contributed by atoms with E-state index in [4.69, 9.17) is 4.74 Å². The average Bonchev–Trinajstić information content (AvgIpc) is 2.87. The van der Waals surface area contributed by atoms with Crippen molar-refractivity contribution < 1.29 is 19.4 Å². The molecule has 0 radical (unpaired) electrons. The molecule has 29 heavy (non-hydrogen) atoms. The smallest absolute Gasteiger partial charge is 0.407 e. The third-order valence-electron chi connectivity index (χ3n) is 4.33. The number of hydrogen-bond acceptors (Lipinski definition) is 4. The topological polar surface area (TPSA) is 78.9 Å². The minimum atomic E-state index is -0.598. The summed E-state index contributed by atoms with van der Waals surface area (Å²) in [7, 11) is 0. The summed E-state index contributed by atoms with van der Waals surface area (Å²) in [4.78, 5) is 26.1. The molecule has 6 nitrogen and oxygen atoms in total. The number of aliphatic hydroxyl groups excluding tert-OH is 1. The van der Waals surface area contributed by atoms with Crippen molar-refractivity contribution in [3.8, 4) is 0 Å². The molecule has 0 aromatic rings. The Labute approximate surface area is 174 Å². The maximum atomic E-state index is 12.5. The van der Waals surface area contributed by atoms with Gasteiger partial charge in [-0.3, -0.25) is 4.79 Å². The number of allylic oxidation sites excluding steroid dienone is 2. The lowest BCUT2D eigenvalue weighted by Crippen LogP contribution is -2.34. The summed E-state index contributed by atoms with van der Waals surface area (Å²) in [6.07, 6.45) is 1.57. The minimum absolute atomic E-state index is 0.0862. The van der Waals surface area contributed by atoms with E-state index in [0.29, 0.717) is 17.2 Å². The number of ether oxygens (including phenoxy) is 1. The molecule has 0 unspecified atom stereocenters. The van der Waals surface area contributed by atoms with E-state index in [-0.39, 0.29) is 18.7 Å². The van der Waals surface area contributed by atoms with E-state index in [2.05, 4.69) is 45.0 Å². The fraction of sp³-hybridized carbons (Fsp3) is 0.478. The van der Waals surface area contributed by atoms with Gasteiger partial charge in [-0.1, -0.05) is 39.7 Å². The molecule has 1 heterocycles. The molecule has 0 saturated carbocycles. The van der Waals surface area contributed by atoms with Crippen LogP contribution in [0.5, 0.6) is 0 Å². The molecule has 6 heteroatoms. The van der Waals surface area contributed by atoms with Crippen molar-refractivity contribution in [1.82, 2.24) is 10.2 Å². The Balaban J connectivity index is 3.26. The van der Waals surface area contributed by atoms with Crippen molar-refractivity contribution in [3.05, 3.63) is 59.4 Å². The van der Waals surface area contributed by atoms with Crippen LogP contribution in [0.25, 0.3) is 0 Å². The molecule has 2 amide bonds. The van der Waals surface area contributed by atoms with Gasteiger partial charge in [-0.15, -0.1) is 0 Å². The highest BCUT2D eigenvalue weighted by Crippen LogP contribution is 2.34. The number of aliphatic hydroxyl groups is 1. The van der Waals surface area contributed by atoms with Crippen LogP contribution < -0.4 is 5.32 Å². The zero-order chi connectivity index (χ0) is 22.5. The molecule has 0 aromatic carbocycles. The maximum Gasteiger partial charge on any atom is 0.407 e. The van der Waals surface area contributed by atoms with Gasteiger partial charge in [0.15, 0.2) is 0 Å². The Bertz CT molecular complexity index is 779. The first-order chi connectivity index (χ1) is 13.3. The molecular weight excluding hydrogens is 368 g/mol. The summed E-state index contributed by atoms with van der Waals surface area (Å²) < 4.78 is 5.33. The standard InChI is InChI=1S/C23H34N2O4/c1-14(2)10-15(3)19(11-24-22(28)29-23(7,8)9)20-12-25(18(6)17(20)5)21(27)16(4)13-26/h10,14,26H,4-6,11-13H2,1-3,7-9H3,(H,24,28)/b15-10+,20-19-. The summed E-state index contributed by atoms with van der Waals surface area (Å²) in [6.45, 7) is 23.2. The largest absolute Gasteiger partial charge is 0.444 e. The molecule has 0 aromatic heterocycles. The van der Waals surface area contributed by atoms with E-state index in [1.54, 1.807) is 20.8 Å². The lowest BCUT2D eigenvalue weighted by Gasteiger charge is -2.21. The second-order valence-corrected chi connectivity index (χ2v) is 8.48. The third kappa shape index (κ3) is 6.75. The fourth-order valence-corrected chi connectivity index (χ4v) is 2.98. The van der Waals surface area contributed by atoms with Crippen molar-refractivity contribution in [2.45, 2.75) is 47.1 Å². The van der Waals surface area contributed by atoms with E-state index in [1.165, 1.54) is 4.90 Å². The SMILES string of the molecule is C=C(CO)C(=O)N1C/C(=C(CNC(=O)OC(C)(C)C)/C(C)=C/C(C)C)C(=C)C1=C. The van der Waals surface area contributed by atoms with Crippen LogP contribution in [0.2, 0.25) is 0 Å². The monoisotopic (exact) mass is 402 g/mol. The van der Waals surface area contributed by atoms with Gasteiger partial charge in [0.25, 0.3) is 5.91 Å². The average molecular weight is 403 g/mol. The Hall–Kier alpha value is -2.60. The van der Waals surface area contributed by atoms with E-state index in [0.717, 1.165) is 16.7 Å². The molecule has 1 aliphatic heterocycles. The first-order valence-electron chi connectivity index (χ1n) is 9.65. The van der Waals surface area contributed by atoms with E-state index in [1.807, 2.05) is 6.92 Å². The van der Waals surface area contributed by atoms with Crippen LogP contribution in [0.4, 0.5) is 4.79 Å². The van der Waals surface area contributed by atoms with Crippen LogP contribution in [-0.4, -0.2) is 47.3 Å². The molecular formula is C23H34N2O4. The van der Waals surface area contributed by atoms with E-state index < -0.39 is 24.2 Å². The summed E-state index contributed by atoms with van der Waals surface area (Å²) in [5.74, 6) is -0.0875. The normalized spacial score (nSPS) is 17.0. The number of nitrogens with one attached hydrogen (secondary N) is 1. The van der Waals surface area contributed by atoms with Crippen LogP contribution in [0.15, 0.2) is 59.4 Å². The van der Waals surface area contributed by atoms with Crippen LogP contribution >= 0.6 is 0 Å². The number of carbonyl (C=O) groups excluding carboxylic acids is 2. The molecule has 0 bridgehead atoms. The quantitative estimate of drug-likeness (QED) is 0.661. The second-order valence-electron chi connectivity index (χ2n) is 8.48. The number of carbonyl (C=O) groups is 2. The van der Waals surface area contributed by atoms with Crippen molar-refractivity contribution >= 4 is 12.0 Å². The van der Waals surface area contributed by atoms with Gasteiger partial charge in [0.2, 0.25) is 0 Å². The Morgan fingerprint density at radius 1 is 1.31 bits per heavy atom. The van der Waals surface area contributed by atoms with E-state index >= 15 is 0 Å². The van der Waals surface area contributed by atoms with Crippen LogP contribution in [0.1, 0.15) is 41.5 Å². The maximum absolute atomic E-state index is 12.5. The van der Waals surface area contributed by atoms with Crippen LogP contribution in [0.3, 0.4) is 0 Å². The van der Waals surface area contributed by atoms with Gasteiger partial charge in [-0.05, 0) is 55.9 Å². The number of hydrogen-bond donors (Lipinski definition) is 2. The van der Waals surface area contributed by atoms with Crippen LogP contribution in [-0.2, 0) is 9.53 Å². The third-order valence-corrected chi connectivity index (χ3v) is 4.33. The molecule has 0 spiro atoms. The summed E-state index contributed by atoms with van der Waals surface area (Å²) >= 11 is 0. The first-order valence-corrected chi connectivity index (χ1v) is 9.65. The lowest BCUT2D eigenvalue weighted by molar-refractivity contribution is -0.124. The molecule has 1 saturated heterocycles. The summed E-state index contributed by atoms with van der Waals surface area (Å²) in [5, 5.41) is 12.0. The summed E-state index contributed by atoms with van der Waals surface area (Å²) in [5.41, 5.74) is 3.24. The van der Waals surface area contributed by atoms with Gasteiger partial charge in [-0.25, -0.2) is 4.79 Å². The number of likely N-dealkylation sites (tertiary alicyclic amines) is 1. The highest BCUT2D eigenvalue weighted by atomic mass is 16.6. The highest BCUT2D eigenvalue weighted by Gasteiger charge is 2.32. The summed E-state index contributed by atoms with van der Waals surface area (Å²) in [6, 6.07) is 0. The molecule has 1 fully saturated rings. The van der Waals surface area contributed by atoms with Crippen molar-refractivity contribution in [2.75, 3.05) is 19.7 Å². The predicted octanol–water partition coefficient (Wildman–Crippen LogP) is 3.87. The highest BCUT2D eigenvalue weighted by molar-refractivity contribution is 5.96. The Morgan fingerprint density at radius 2 is 1.90 bits per heavy atom.